The minimum absolute atomic E-state index is 0.0484. The average molecular weight is 286 g/mol. The van der Waals surface area contributed by atoms with E-state index in [4.69, 9.17) is 4.74 Å². The summed E-state index contributed by atoms with van der Waals surface area (Å²) in [5, 5.41) is 11.4. The van der Waals surface area contributed by atoms with Crippen LogP contribution in [0.5, 0.6) is 5.75 Å². The van der Waals surface area contributed by atoms with Crippen molar-refractivity contribution in [2.45, 2.75) is 26.2 Å². The number of non-ortho nitro benzene ring substituents is 1. The van der Waals surface area contributed by atoms with Crippen molar-refractivity contribution in [1.29, 1.82) is 0 Å². The summed E-state index contributed by atoms with van der Waals surface area (Å²) in [7, 11) is 0. The highest BCUT2D eigenvalue weighted by molar-refractivity contribution is 5.94. The minimum Gasteiger partial charge on any atom is -0.424 e. The monoisotopic (exact) mass is 286 g/mol. The molecule has 1 aromatic carbocycles. The first-order valence-electron chi connectivity index (χ1n) is 6.76. The van der Waals surface area contributed by atoms with Crippen molar-refractivity contribution >= 4 is 22.6 Å². The molecule has 0 aliphatic heterocycles. The van der Waals surface area contributed by atoms with Crippen LogP contribution in [0.25, 0.3) is 10.9 Å². The van der Waals surface area contributed by atoms with E-state index < -0.39 is 10.3 Å². The molecule has 1 aliphatic carbocycles. The zero-order valence-corrected chi connectivity index (χ0v) is 11.5. The number of nitro groups is 1. The molecule has 0 atom stereocenters. The number of pyridine rings is 1. The van der Waals surface area contributed by atoms with Gasteiger partial charge in [0.1, 0.15) is 5.52 Å². The lowest BCUT2D eigenvalue weighted by atomic mass is 9.70. The van der Waals surface area contributed by atoms with E-state index in [2.05, 4.69) is 4.98 Å². The van der Waals surface area contributed by atoms with Gasteiger partial charge in [0.2, 0.25) is 0 Å². The zero-order chi connectivity index (χ0) is 15.0. The predicted molar refractivity (Wildman–Crippen MR) is 76.0 cm³/mol. The first-order valence-corrected chi connectivity index (χ1v) is 6.76. The van der Waals surface area contributed by atoms with Gasteiger partial charge in [0.15, 0.2) is 5.75 Å². The standard InChI is InChI=1S/C15H14N2O4/c1-15(7-3-8-15)14(18)21-12-6-5-11(17(19)20)10-4-2-9-16-13(10)12/h2,4-6,9H,3,7-8H2,1H3. The molecule has 1 aromatic heterocycles. The topological polar surface area (TPSA) is 82.3 Å². The number of hydrogen-bond acceptors (Lipinski definition) is 5. The third-order valence-corrected chi connectivity index (χ3v) is 4.06. The molecule has 0 unspecified atom stereocenters. The highest BCUT2D eigenvalue weighted by Crippen LogP contribution is 2.42. The summed E-state index contributed by atoms with van der Waals surface area (Å²) in [6, 6.07) is 6.00. The Morgan fingerprint density at radius 1 is 1.38 bits per heavy atom. The first kappa shape index (κ1) is 13.5. The van der Waals surface area contributed by atoms with Gasteiger partial charge in [0.25, 0.3) is 5.69 Å². The van der Waals surface area contributed by atoms with Crippen molar-refractivity contribution < 1.29 is 14.5 Å². The maximum Gasteiger partial charge on any atom is 0.317 e. The van der Waals surface area contributed by atoms with E-state index in [9.17, 15) is 14.9 Å². The van der Waals surface area contributed by atoms with E-state index in [0.29, 0.717) is 10.9 Å². The second-order valence-electron chi connectivity index (χ2n) is 5.54. The van der Waals surface area contributed by atoms with Crippen molar-refractivity contribution in [1.82, 2.24) is 4.98 Å². The molecule has 0 N–H and O–H groups in total. The van der Waals surface area contributed by atoms with Crippen LogP contribution in [0.15, 0.2) is 30.5 Å². The molecule has 108 valence electrons. The lowest BCUT2D eigenvalue weighted by molar-refractivity contribution is -0.383. The SMILES string of the molecule is CC1(C(=O)Oc2ccc([N+](=O)[O-])c3cccnc23)CCC1. The van der Waals surface area contributed by atoms with Crippen molar-refractivity contribution in [2.24, 2.45) is 5.41 Å². The lowest BCUT2D eigenvalue weighted by Gasteiger charge is -2.35. The van der Waals surface area contributed by atoms with Gasteiger partial charge < -0.3 is 4.74 Å². The van der Waals surface area contributed by atoms with Crippen LogP contribution in [-0.2, 0) is 4.79 Å². The number of fused-ring (bicyclic) bond motifs is 1. The molecule has 0 amide bonds. The van der Waals surface area contributed by atoms with Crippen molar-refractivity contribution in [3.63, 3.8) is 0 Å². The quantitative estimate of drug-likeness (QED) is 0.374. The van der Waals surface area contributed by atoms with Gasteiger partial charge >= 0.3 is 5.97 Å². The summed E-state index contributed by atoms with van der Waals surface area (Å²) in [6.45, 7) is 1.87. The zero-order valence-electron chi connectivity index (χ0n) is 11.5. The molecule has 1 fully saturated rings. The predicted octanol–water partition coefficient (Wildman–Crippen LogP) is 3.24. The van der Waals surface area contributed by atoms with Crippen molar-refractivity contribution in [2.75, 3.05) is 0 Å². The number of benzene rings is 1. The minimum atomic E-state index is -0.469. The Morgan fingerprint density at radius 3 is 2.76 bits per heavy atom. The Kier molecular flexibility index (Phi) is 3.08. The van der Waals surface area contributed by atoms with Gasteiger partial charge in [-0.1, -0.05) is 6.42 Å². The molecule has 0 spiro atoms. The lowest BCUT2D eigenvalue weighted by Crippen LogP contribution is -2.38. The number of carbonyl (C=O) groups is 1. The number of rotatable bonds is 3. The molecule has 3 rings (SSSR count). The van der Waals surface area contributed by atoms with Crippen LogP contribution in [0.4, 0.5) is 5.69 Å². The Morgan fingerprint density at radius 2 is 2.14 bits per heavy atom. The third kappa shape index (κ3) is 2.22. The Labute approximate surface area is 120 Å². The molecule has 0 bridgehead atoms. The largest absolute Gasteiger partial charge is 0.424 e. The molecule has 6 heteroatoms. The average Bonchev–Trinajstić information content (AvgIpc) is 2.44. The van der Waals surface area contributed by atoms with Crippen LogP contribution in [-0.4, -0.2) is 15.9 Å². The third-order valence-electron chi connectivity index (χ3n) is 4.06. The number of nitro benzene ring substituents is 1. The fourth-order valence-corrected chi connectivity index (χ4v) is 2.51. The summed E-state index contributed by atoms with van der Waals surface area (Å²) in [6.07, 6.45) is 4.16. The van der Waals surface area contributed by atoms with Gasteiger partial charge in [-0.15, -0.1) is 0 Å². The van der Waals surface area contributed by atoms with Crippen molar-refractivity contribution in [3.05, 3.63) is 40.6 Å². The maximum atomic E-state index is 12.2. The molecule has 2 aromatic rings. The molecule has 1 aliphatic rings. The van der Waals surface area contributed by atoms with Gasteiger partial charge in [-0.3, -0.25) is 19.9 Å². The summed E-state index contributed by atoms with van der Waals surface area (Å²) >= 11 is 0. The maximum absolute atomic E-state index is 12.2. The summed E-state index contributed by atoms with van der Waals surface area (Å²) in [5.41, 5.74) is -0.154. The van der Waals surface area contributed by atoms with Crippen LogP contribution >= 0.6 is 0 Å². The molecule has 1 saturated carbocycles. The van der Waals surface area contributed by atoms with Gasteiger partial charge in [-0.05, 0) is 38.0 Å². The van der Waals surface area contributed by atoms with Crippen LogP contribution in [0.2, 0.25) is 0 Å². The number of esters is 1. The normalized spacial score (nSPS) is 16.2. The van der Waals surface area contributed by atoms with E-state index in [0.717, 1.165) is 19.3 Å². The highest BCUT2D eigenvalue weighted by Gasteiger charge is 2.41. The smallest absolute Gasteiger partial charge is 0.317 e. The second kappa shape index (κ2) is 4.80. The number of aromatic nitrogens is 1. The molecule has 6 nitrogen and oxygen atoms in total. The van der Waals surface area contributed by atoms with E-state index in [1.54, 1.807) is 12.1 Å². The van der Waals surface area contributed by atoms with Crippen LogP contribution < -0.4 is 4.74 Å². The Hall–Kier alpha value is -2.50. The summed E-state index contributed by atoms with van der Waals surface area (Å²) in [5.74, 6) is -0.0242. The van der Waals surface area contributed by atoms with Crippen LogP contribution in [0.3, 0.4) is 0 Å². The summed E-state index contributed by atoms with van der Waals surface area (Å²) < 4.78 is 5.45. The number of nitrogens with zero attached hydrogens (tertiary/aromatic N) is 2. The number of ether oxygens (including phenoxy) is 1. The molecule has 1 heterocycles. The van der Waals surface area contributed by atoms with Crippen molar-refractivity contribution in [3.8, 4) is 5.75 Å². The van der Waals surface area contributed by atoms with Gasteiger partial charge in [0, 0.05) is 12.3 Å². The highest BCUT2D eigenvalue weighted by atomic mass is 16.6. The second-order valence-corrected chi connectivity index (χ2v) is 5.54. The Balaban J connectivity index is 2.02. The van der Waals surface area contributed by atoms with Gasteiger partial charge in [-0.25, -0.2) is 0 Å². The Bertz CT molecular complexity index is 738. The fraction of sp³-hybridized carbons (Fsp3) is 0.333. The van der Waals surface area contributed by atoms with Gasteiger partial charge in [0.05, 0.1) is 15.7 Å². The van der Waals surface area contributed by atoms with E-state index in [-0.39, 0.29) is 17.4 Å². The first-order chi connectivity index (χ1) is 10.0. The molecule has 0 radical (unpaired) electrons. The van der Waals surface area contributed by atoms with Crippen LogP contribution in [0.1, 0.15) is 26.2 Å². The summed E-state index contributed by atoms with van der Waals surface area (Å²) in [4.78, 5) is 26.9. The molecular formula is C15H14N2O4. The molecule has 21 heavy (non-hydrogen) atoms. The van der Waals surface area contributed by atoms with Gasteiger partial charge in [-0.2, -0.15) is 0 Å². The molecule has 0 saturated heterocycles. The van der Waals surface area contributed by atoms with E-state index in [1.807, 2.05) is 6.92 Å². The van der Waals surface area contributed by atoms with E-state index in [1.165, 1.54) is 18.3 Å². The van der Waals surface area contributed by atoms with Crippen LogP contribution in [0, 0.1) is 15.5 Å². The molecular weight excluding hydrogens is 272 g/mol. The number of hydrogen-bond donors (Lipinski definition) is 0. The van der Waals surface area contributed by atoms with E-state index >= 15 is 0 Å². The number of carbonyl (C=O) groups excluding carboxylic acids is 1. The fourth-order valence-electron chi connectivity index (χ4n) is 2.51.